The van der Waals surface area contributed by atoms with E-state index in [1.54, 1.807) is 12.1 Å². The summed E-state index contributed by atoms with van der Waals surface area (Å²) in [6, 6.07) is 9.48. The van der Waals surface area contributed by atoms with Gasteiger partial charge in [-0.3, -0.25) is 4.99 Å². The van der Waals surface area contributed by atoms with E-state index in [1.165, 1.54) is 0 Å². The molecular formula is C23H28N2O3S. The third-order valence-electron chi connectivity index (χ3n) is 6.52. The fraction of sp³-hybridized carbons (Fsp3) is 0.435. The van der Waals surface area contributed by atoms with Crippen molar-refractivity contribution in [1.82, 2.24) is 0 Å². The SMILES string of the molecule is CCC1(O)CC(CS(=O)(=O)c2ccc(-c3ccc4c(c3C)C(N)=NC4)c(C)c2)C1. The number of benzene rings is 2. The van der Waals surface area contributed by atoms with Crippen molar-refractivity contribution in [3.8, 4) is 11.1 Å². The number of hydrogen-bond acceptors (Lipinski definition) is 5. The molecule has 4 rings (SSSR count). The molecule has 1 fully saturated rings. The Kier molecular flexibility index (Phi) is 4.82. The Morgan fingerprint density at radius 2 is 1.86 bits per heavy atom. The second-order valence-corrected chi connectivity index (χ2v) is 10.6. The van der Waals surface area contributed by atoms with Gasteiger partial charge in [0.15, 0.2) is 9.84 Å². The fourth-order valence-corrected chi connectivity index (χ4v) is 6.44. The zero-order valence-electron chi connectivity index (χ0n) is 17.2. The van der Waals surface area contributed by atoms with Crippen molar-refractivity contribution in [3.63, 3.8) is 0 Å². The monoisotopic (exact) mass is 412 g/mol. The van der Waals surface area contributed by atoms with Crippen LogP contribution in [0, 0.1) is 19.8 Å². The molecule has 2 aromatic carbocycles. The van der Waals surface area contributed by atoms with Gasteiger partial charge >= 0.3 is 0 Å². The largest absolute Gasteiger partial charge is 0.390 e. The summed E-state index contributed by atoms with van der Waals surface area (Å²) in [6.07, 6.45) is 1.81. The predicted molar refractivity (Wildman–Crippen MR) is 116 cm³/mol. The Morgan fingerprint density at radius 3 is 2.52 bits per heavy atom. The van der Waals surface area contributed by atoms with E-state index in [2.05, 4.69) is 17.1 Å². The minimum atomic E-state index is -3.38. The highest BCUT2D eigenvalue weighted by atomic mass is 32.2. The van der Waals surface area contributed by atoms with Gasteiger partial charge in [-0.25, -0.2) is 8.42 Å². The summed E-state index contributed by atoms with van der Waals surface area (Å²) in [7, 11) is -3.38. The molecule has 0 unspecified atom stereocenters. The van der Waals surface area contributed by atoms with Crippen LogP contribution in [0.25, 0.3) is 11.1 Å². The normalized spacial score (nSPS) is 23.4. The van der Waals surface area contributed by atoms with Gasteiger partial charge in [0, 0.05) is 5.56 Å². The van der Waals surface area contributed by atoms with E-state index in [-0.39, 0.29) is 11.7 Å². The Balaban J connectivity index is 1.61. The Bertz CT molecular complexity index is 1110. The number of nitrogens with zero attached hydrogens (tertiary/aromatic N) is 1. The third kappa shape index (κ3) is 3.49. The smallest absolute Gasteiger partial charge is 0.178 e. The van der Waals surface area contributed by atoms with E-state index in [9.17, 15) is 13.5 Å². The summed E-state index contributed by atoms with van der Waals surface area (Å²) in [6.45, 7) is 6.54. The molecule has 5 nitrogen and oxygen atoms in total. The maximum absolute atomic E-state index is 12.9. The average Bonchev–Trinajstić information content (AvgIpc) is 3.02. The lowest BCUT2D eigenvalue weighted by atomic mass is 9.70. The van der Waals surface area contributed by atoms with Crippen LogP contribution in [0.5, 0.6) is 0 Å². The molecule has 0 atom stereocenters. The highest BCUT2D eigenvalue weighted by Crippen LogP contribution is 2.41. The molecule has 0 radical (unpaired) electrons. The maximum atomic E-state index is 12.9. The van der Waals surface area contributed by atoms with Crippen LogP contribution in [0.15, 0.2) is 40.2 Å². The van der Waals surface area contributed by atoms with Crippen molar-refractivity contribution in [2.24, 2.45) is 16.6 Å². The second-order valence-electron chi connectivity index (χ2n) is 8.58. The van der Waals surface area contributed by atoms with Crippen LogP contribution in [0.1, 0.15) is 48.4 Å². The molecule has 0 amide bonds. The molecule has 6 heteroatoms. The first-order valence-corrected chi connectivity index (χ1v) is 11.8. The zero-order valence-corrected chi connectivity index (χ0v) is 18.0. The lowest BCUT2D eigenvalue weighted by molar-refractivity contribution is -0.0688. The lowest BCUT2D eigenvalue weighted by Crippen LogP contribution is -2.45. The Labute approximate surface area is 172 Å². The first-order valence-electron chi connectivity index (χ1n) is 10.1. The first-order chi connectivity index (χ1) is 13.6. The average molecular weight is 413 g/mol. The molecule has 0 bridgehead atoms. The topological polar surface area (TPSA) is 92.8 Å². The summed E-state index contributed by atoms with van der Waals surface area (Å²) in [5.41, 5.74) is 11.6. The molecule has 0 spiro atoms. The number of nitrogens with two attached hydrogens (primary N) is 1. The van der Waals surface area contributed by atoms with Crippen LogP contribution in [0.3, 0.4) is 0 Å². The van der Waals surface area contributed by atoms with Gasteiger partial charge in [-0.2, -0.15) is 0 Å². The molecule has 154 valence electrons. The van der Waals surface area contributed by atoms with Gasteiger partial charge in [0.2, 0.25) is 0 Å². The first kappa shape index (κ1) is 20.1. The molecule has 1 heterocycles. The van der Waals surface area contributed by atoms with Crippen molar-refractivity contribution in [2.45, 2.75) is 57.1 Å². The van der Waals surface area contributed by atoms with Gasteiger partial charge in [0.25, 0.3) is 0 Å². The van der Waals surface area contributed by atoms with Gasteiger partial charge in [-0.05, 0) is 79.0 Å². The molecular weight excluding hydrogens is 384 g/mol. The molecule has 1 aliphatic carbocycles. The van der Waals surface area contributed by atoms with Crippen LogP contribution in [-0.4, -0.2) is 30.7 Å². The van der Waals surface area contributed by atoms with Crippen molar-refractivity contribution in [2.75, 3.05) is 5.75 Å². The molecule has 29 heavy (non-hydrogen) atoms. The maximum Gasteiger partial charge on any atom is 0.178 e. The van der Waals surface area contributed by atoms with E-state index in [0.717, 1.165) is 33.4 Å². The van der Waals surface area contributed by atoms with E-state index in [0.29, 0.717) is 36.5 Å². The minimum absolute atomic E-state index is 0.0335. The standard InChI is InChI=1S/C23H28N2O3S/c1-4-23(26)10-16(11-23)13-29(27,28)18-6-8-19(14(2)9-18)20-7-5-17-12-25-22(24)21(17)15(20)3/h5-9,16,26H,4,10-13H2,1-3H3,(H2,24,25). The van der Waals surface area contributed by atoms with E-state index < -0.39 is 15.4 Å². The van der Waals surface area contributed by atoms with Gasteiger partial charge in [0.1, 0.15) is 5.84 Å². The van der Waals surface area contributed by atoms with Crippen LogP contribution in [0.2, 0.25) is 0 Å². The Hall–Kier alpha value is -2.18. The molecule has 3 N–H and O–H groups in total. The number of aliphatic hydroxyl groups is 1. The molecule has 0 aromatic heterocycles. The van der Waals surface area contributed by atoms with Crippen molar-refractivity contribution >= 4 is 15.7 Å². The summed E-state index contributed by atoms with van der Waals surface area (Å²) in [5.74, 6) is 0.703. The van der Waals surface area contributed by atoms with Crippen LogP contribution >= 0.6 is 0 Å². The molecule has 1 saturated carbocycles. The molecule has 2 aliphatic rings. The van der Waals surface area contributed by atoms with Crippen LogP contribution in [0.4, 0.5) is 0 Å². The van der Waals surface area contributed by atoms with Gasteiger partial charge < -0.3 is 10.8 Å². The number of hydrogen-bond donors (Lipinski definition) is 2. The van der Waals surface area contributed by atoms with E-state index >= 15 is 0 Å². The van der Waals surface area contributed by atoms with Gasteiger partial charge in [0.05, 0.1) is 22.8 Å². The van der Waals surface area contributed by atoms with Crippen molar-refractivity contribution in [1.29, 1.82) is 0 Å². The third-order valence-corrected chi connectivity index (χ3v) is 8.41. The van der Waals surface area contributed by atoms with Gasteiger partial charge in [-0.1, -0.05) is 25.1 Å². The van der Waals surface area contributed by atoms with Gasteiger partial charge in [-0.15, -0.1) is 0 Å². The predicted octanol–water partition coefficient (Wildman–Crippen LogP) is 3.51. The Morgan fingerprint density at radius 1 is 1.17 bits per heavy atom. The highest BCUT2D eigenvalue weighted by molar-refractivity contribution is 7.91. The number of rotatable bonds is 5. The highest BCUT2D eigenvalue weighted by Gasteiger charge is 2.42. The fourth-order valence-electron chi connectivity index (χ4n) is 4.76. The molecule has 2 aromatic rings. The number of aliphatic imine (C=N–C) groups is 1. The summed E-state index contributed by atoms with van der Waals surface area (Å²) < 4.78 is 25.8. The quantitative estimate of drug-likeness (QED) is 0.786. The van der Waals surface area contributed by atoms with E-state index in [1.807, 2.05) is 26.8 Å². The van der Waals surface area contributed by atoms with Crippen molar-refractivity contribution in [3.05, 3.63) is 52.6 Å². The number of amidine groups is 1. The second kappa shape index (κ2) is 6.96. The number of sulfone groups is 1. The number of fused-ring (bicyclic) bond motifs is 1. The summed E-state index contributed by atoms with van der Waals surface area (Å²) >= 11 is 0. The van der Waals surface area contributed by atoms with Crippen LogP contribution in [-0.2, 0) is 16.4 Å². The number of aryl methyl sites for hydroxylation is 1. The van der Waals surface area contributed by atoms with E-state index in [4.69, 9.17) is 5.73 Å². The molecule has 1 aliphatic heterocycles. The summed E-state index contributed by atoms with van der Waals surface area (Å²) in [5, 5.41) is 10.2. The summed E-state index contributed by atoms with van der Waals surface area (Å²) in [4.78, 5) is 4.68. The minimum Gasteiger partial charge on any atom is -0.390 e. The molecule has 0 saturated heterocycles. The zero-order chi connectivity index (χ0) is 21.0. The van der Waals surface area contributed by atoms with Crippen LogP contribution < -0.4 is 5.73 Å². The lowest BCUT2D eigenvalue weighted by Gasteiger charge is -2.43. The van der Waals surface area contributed by atoms with Crippen molar-refractivity contribution < 1.29 is 13.5 Å².